The van der Waals surface area contributed by atoms with E-state index in [9.17, 15) is 4.79 Å². The molecule has 0 radical (unpaired) electrons. The van der Waals surface area contributed by atoms with Crippen LogP contribution in [0, 0.1) is 0 Å². The molecule has 3 rings (SSSR count). The van der Waals surface area contributed by atoms with E-state index >= 15 is 0 Å². The van der Waals surface area contributed by atoms with Crippen molar-refractivity contribution in [3.05, 3.63) is 78.0 Å². The molecular weight excluding hydrogens is 388 g/mol. The van der Waals surface area contributed by atoms with Crippen molar-refractivity contribution < 1.29 is 14.3 Å². The lowest BCUT2D eigenvalue weighted by Crippen LogP contribution is -2.32. The third-order valence-electron chi connectivity index (χ3n) is 5.56. The number of carbonyl (C=O) groups is 1. The van der Waals surface area contributed by atoms with E-state index in [0.29, 0.717) is 24.5 Å². The maximum absolute atomic E-state index is 12.8. The van der Waals surface area contributed by atoms with Crippen LogP contribution in [0.4, 0.5) is 0 Å². The Bertz CT molecular complexity index is 908. The van der Waals surface area contributed by atoms with E-state index in [1.807, 2.05) is 41.5 Å². The average molecular weight is 421 g/mol. The molecule has 0 atom stereocenters. The van der Waals surface area contributed by atoms with Crippen molar-refractivity contribution in [1.82, 2.24) is 9.80 Å². The van der Waals surface area contributed by atoms with Gasteiger partial charge >= 0.3 is 0 Å². The summed E-state index contributed by atoms with van der Waals surface area (Å²) in [5, 5.41) is 0. The van der Waals surface area contributed by atoms with Crippen LogP contribution < -0.4 is 9.47 Å². The number of benzene rings is 2. The summed E-state index contributed by atoms with van der Waals surface area (Å²) in [7, 11) is 3.23. The van der Waals surface area contributed by atoms with Crippen molar-refractivity contribution in [3.63, 3.8) is 0 Å². The monoisotopic (exact) mass is 420 g/mol. The zero-order valence-corrected chi connectivity index (χ0v) is 18.5. The minimum atomic E-state index is 0.0989. The highest BCUT2D eigenvalue weighted by molar-refractivity contribution is 5.84. The molecule has 2 aromatic carbocycles. The number of ether oxygens (including phenoxy) is 2. The third kappa shape index (κ3) is 6.22. The fourth-order valence-corrected chi connectivity index (χ4v) is 3.84. The summed E-state index contributed by atoms with van der Waals surface area (Å²) in [5.41, 5.74) is 3.29. The Hall–Kier alpha value is -3.05. The Morgan fingerprint density at radius 3 is 2.55 bits per heavy atom. The lowest BCUT2D eigenvalue weighted by molar-refractivity contribution is -0.127. The molecule has 0 fully saturated rings. The summed E-state index contributed by atoms with van der Waals surface area (Å²) in [6.45, 7) is 7.33. The second-order valence-electron chi connectivity index (χ2n) is 7.66. The molecule has 1 amide bonds. The number of nitrogens with zero attached hydrogens (tertiary/aromatic N) is 2. The van der Waals surface area contributed by atoms with E-state index in [1.165, 1.54) is 5.56 Å². The van der Waals surface area contributed by atoms with Gasteiger partial charge in [-0.05, 0) is 47.7 Å². The van der Waals surface area contributed by atoms with Crippen molar-refractivity contribution in [3.8, 4) is 11.5 Å². The molecule has 1 aliphatic heterocycles. The molecule has 1 heterocycles. The van der Waals surface area contributed by atoms with Crippen molar-refractivity contribution in [2.45, 2.75) is 19.3 Å². The summed E-state index contributed by atoms with van der Waals surface area (Å²) in [6.07, 6.45) is 8.09. The zero-order valence-electron chi connectivity index (χ0n) is 18.5. The van der Waals surface area contributed by atoms with Crippen LogP contribution in [0.5, 0.6) is 11.5 Å². The first-order valence-corrected chi connectivity index (χ1v) is 10.7. The average Bonchev–Trinajstić information content (AvgIpc) is 2.95. The molecule has 5 heteroatoms. The predicted octanol–water partition coefficient (Wildman–Crippen LogP) is 4.18. The number of hydrogen-bond acceptors (Lipinski definition) is 4. The molecular formula is C26H32N2O3. The molecule has 0 unspecified atom stereocenters. The second-order valence-corrected chi connectivity index (χ2v) is 7.66. The van der Waals surface area contributed by atoms with E-state index in [0.717, 1.165) is 43.6 Å². The SMILES string of the molecule is C=CCN(CCCN1C=Cc2cc(OC)c(OC)cc2CC1=O)CCc1ccccc1. The van der Waals surface area contributed by atoms with Crippen molar-refractivity contribution in [2.75, 3.05) is 40.4 Å². The lowest BCUT2D eigenvalue weighted by atomic mass is 10.0. The number of rotatable bonds is 11. The molecule has 0 bridgehead atoms. The number of carbonyl (C=O) groups excluding carboxylic acids is 1. The van der Waals surface area contributed by atoms with Crippen LogP contribution in [0.3, 0.4) is 0 Å². The predicted molar refractivity (Wildman–Crippen MR) is 125 cm³/mol. The van der Waals surface area contributed by atoms with E-state index in [1.54, 1.807) is 14.2 Å². The van der Waals surface area contributed by atoms with Crippen LogP contribution in [0.2, 0.25) is 0 Å². The van der Waals surface area contributed by atoms with Gasteiger partial charge in [-0.2, -0.15) is 0 Å². The number of hydrogen-bond donors (Lipinski definition) is 0. The van der Waals surface area contributed by atoms with Crippen molar-refractivity contribution >= 4 is 12.0 Å². The van der Waals surface area contributed by atoms with Gasteiger partial charge in [0.2, 0.25) is 5.91 Å². The van der Waals surface area contributed by atoms with Gasteiger partial charge in [0.1, 0.15) is 0 Å². The Kier molecular flexibility index (Phi) is 8.30. The first-order chi connectivity index (χ1) is 15.1. The van der Waals surface area contributed by atoms with Gasteiger partial charge in [0.05, 0.1) is 20.6 Å². The number of fused-ring (bicyclic) bond motifs is 1. The highest BCUT2D eigenvalue weighted by Crippen LogP contribution is 2.32. The summed E-state index contributed by atoms with van der Waals surface area (Å²) < 4.78 is 10.8. The molecule has 31 heavy (non-hydrogen) atoms. The Balaban J connectivity index is 1.56. The van der Waals surface area contributed by atoms with Crippen molar-refractivity contribution in [1.29, 1.82) is 0 Å². The second kappa shape index (κ2) is 11.4. The van der Waals surface area contributed by atoms with Gasteiger partial charge in [-0.3, -0.25) is 9.69 Å². The number of methoxy groups -OCH3 is 2. The molecule has 0 saturated carbocycles. The van der Waals surface area contributed by atoms with E-state index < -0.39 is 0 Å². The van der Waals surface area contributed by atoms with Crippen LogP contribution in [0.25, 0.3) is 6.08 Å². The van der Waals surface area contributed by atoms with Gasteiger partial charge in [-0.25, -0.2) is 0 Å². The van der Waals surface area contributed by atoms with Crippen LogP contribution >= 0.6 is 0 Å². The standard InChI is InChI=1S/C26H32N2O3/c1-4-13-27(16-11-21-9-6-5-7-10-21)14-8-15-28-17-12-22-18-24(30-2)25(31-3)19-23(22)20-26(28)29/h4-7,9-10,12,17-19H,1,8,11,13-16,20H2,2-3H3. The topological polar surface area (TPSA) is 42.0 Å². The van der Waals surface area contributed by atoms with Gasteiger partial charge in [0.15, 0.2) is 11.5 Å². The molecule has 5 nitrogen and oxygen atoms in total. The summed E-state index contributed by atoms with van der Waals surface area (Å²) in [6, 6.07) is 14.3. The summed E-state index contributed by atoms with van der Waals surface area (Å²) in [4.78, 5) is 17.0. The molecule has 2 aromatic rings. The van der Waals surface area contributed by atoms with Crippen LogP contribution in [-0.4, -0.2) is 56.1 Å². The van der Waals surface area contributed by atoms with E-state index in [2.05, 4.69) is 35.7 Å². The molecule has 0 aromatic heterocycles. The lowest BCUT2D eigenvalue weighted by Gasteiger charge is -2.23. The van der Waals surface area contributed by atoms with Gasteiger partial charge in [0.25, 0.3) is 0 Å². The molecule has 0 N–H and O–H groups in total. The third-order valence-corrected chi connectivity index (χ3v) is 5.56. The number of amides is 1. The molecule has 1 aliphatic rings. The molecule has 0 saturated heterocycles. The Labute approximate surface area is 185 Å². The fourth-order valence-electron chi connectivity index (χ4n) is 3.84. The van der Waals surface area contributed by atoms with Gasteiger partial charge in [0, 0.05) is 32.4 Å². The van der Waals surface area contributed by atoms with E-state index in [-0.39, 0.29) is 5.91 Å². The van der Waals surface area contributed by atoms with Crippen LogP contribution in [0.1, 0.15) is 23.1 Å². The first kappa shape index (κ1) is 22.6. The normalized spacial score (nSPS) is 13.1. The minimum Gasteiger partial charge on any atom is -0.493 e. The Morgan fingerprint density at radius 1 is 1.10 bits per heavy atom. The summed E-state index contributed by atoms with van der Waals surface area (Å²) >= 11 is 0. The highest BCUT2D eigenvalue weighted by atomic mass is 16.5. The van der Waals surface area contributed by atoms with E-state index in [4.69, 9.17) is 9.47 Å². The van der Waals surface area contributed by atoms with Gasteiger partial charge in [-0.15, -0.1) is 6.58 Å². The molecule has 164 valence electrons. The zero-order chi connectivity index (χ0) is 22.1. The van der Waals surface area contributed by atoms with Gasteiger partial charge in [-0.1, -0.05) is 36.4 Å². The minimum absolute atomic E-state index is 0.0989. The largest absolute Gasteiger partial charge is 0.493 e. The maximum Gasteiger partial charge on any atom is 0.230 e. The summed E-state index contributed by atoms with van der Waals surface area (Å²) in [5.74, 6) is 1.42. The van der Waals surface area contributed by atoms with Crippen LogP contribution in [-0.2, 0) is 17.6 Å². The van der Waals surface area contributed by atoms with Crippen LogP contribution in [0.15, 0.2) is 61.3 Å². The fraction of sp³-hybridized carbons (Fsp3) is 0.346. The maximum atomic E-state index is 12.8. The van der Waals surface area contributed by atoms with Gasteiger partial charge < -0.3 is 14.4 Å². The van der Waals surface area contributed by atoms with Crippen molar-refractivity contribution in [2.24, 2.45) is 0 Å². The quantitative estimate of drug-likeness (QED) is 0.512. The molecule has 0 spiro atoms. The smallest absolute Gasteiger partial charge is 0.230 e. The Morgan fingerprint density at radius 2 is 1.84 bits per heavy atom. The highest BCUT2D eigenvalue weighted by Gasteiger charge is 2.19. The molecule has 0 aliphatic carbocycles. The first-order valence-electron chi connectivity index (χ1n) is 10.7.